The van der Waals surface area contributed by atoms with Crippen LogP contribution in [0.1, 0.15) is 44.4 Å². The first kappa shape index (κ1) is 17.0. The Labute approximate surface area is 142 Å². The summed E-state index contributed by atoms with van der Waals surface area (Å²) in [6.45, 7) is 7.31. The molecule has 0 fully saturated rings. The number of hydrogen-bond acceptors (Lipinski definition) is 4. The number of benzene rings is 1. The van der Waals surface area contributed by atoms with E-state index in [1.54, 1.807) is 29.1 Å². The second-order valence-electron chi connectivity index (χ2n) is 6.67. The summed E-state index contributed by atoms with van der Waals surface area (Å²) < 4.78 is 35.1. The molecule has 7 heteroatoms. The zero-order chi connectivity index (χ0) is 17.3. The van der Waals surface area contributed by atoms with Crippen molar-refractivity contribution < 1.29 is 13.2 Å². The highest BCUT2D eigenvalue weighted by molar-refractivity contribution is 7.92. The highest BCUT2D eigenvalue weighted by Gasteiger charge is 2.21. The highest BCUT2D eigenvalue weighted by atomic mass is 32.2. The number of rotatable bonds is 6. The van der Waals surface area contributed by atoms with Crippen LogP contribution in [-0.2, 0) is 28.0 Å². The van der Waals surface area contributed by atoms with Gasteiger partial charge in [0.15, 0.2) is 0 Å². The van der Waals surface area contributed by atoms with E-state index in [0.717, 1.165) is 17.5 Å². The lowest BCUT2D eigenvalue weighted by molar-refractivity contribution is 0.134. The number of fused-ring (bicyclic) bond motifs is 1. The van der Waals surface area contributed by atoms with Crippen molar-refractivity contribution in [3.05, 3.63) is 41.6 Å². The summed E-state index contributed by atoms with van der Waals surface area (Å²) in [5, 5.41) is 4.27. The number of nitrogens with zero attached hydrogens (tertiary/aromatic N) is 2. The van der Waals surface area contributed by atoms with Crippen molar-refractivity contribution in [3.63, 3.8) is 0 Å². The Balaban J connectivity index is 1.84. The minimum Gasteiger partial charge on any atom is -0.372 e. The van der Waals surface area contributed by atoms with E-state index in [1.807, 2.05) is 13.0 Å². The van der Waals surface area contributed by atoms with Gasteiger partial charge in [-0.15, -0.1) is 0 Å². The lowest BCUT2D eigenvalue weighted by atomic mass is 10.1. The molecule has 6 nitrogen and oxygen atoms in total. The Kier molecular flexibility index (Phi) is 4.64. The maximum atomic E-state index is 12.7. The molecule has 0 bridgehead atoms. The normalized spacial score (nSPS) is 15.5. The van der Waals surface area contributed by atoms with Crippen LogP contribution >= 0.6 is 0 Å². The Morgan fingerprint density at radius 2 is 1.96 bits per heavy atom. The number of ether oxygens (including phenoxy) is 1. The smallest absolute Gasteiger partial charge is 0.263 e. The molecule has 0 aliphatic carbocycles. The Morgan fingerprint density at radius 3 is 2.71 bits per heavy atom. The molecule has 1 aromatic carbocycles. The Bertz CT molecular complexity index is 827. The van der Waals surface area contributed by atoms with Gasteiger partial charge in [0.05, 0.1) is 30.3 Å². The van der Waals surface area contributed by atoms with Gasteiger partial charge in [0, 0.05) is 6.07 Å². The van der Waals surface area contributed by atoms with Crippen LogP contribution in [0.25, 0.3) is 0 Å². The Morgan fingerprint density at radius 1 is 1.21 bits per heavy atom. The molecule has 0 amide bonds. The fraction of sp³-hybridized carbons (Fsp3) is 0.471. The third-order valence-corrected chi connectivity index (χ3v) is 5.49. The lowest BCUT2D eigenvalue weighted by Gasteiger charge is -2.18. The van der Waals surface area contributed by atoms with Crippen molar-refractivity contribution in [2.45, 2.75) is 51.3 Å². The predicted molar refractivity (Wildman–Crippen MR) is 92.1 cm³/mol. The molecule has 130 valence electrons. The molecule has 24 heavy (non-hydrogen) atoms. The van der Waals surface area contributed by atoms with Crippen LogP contribution in [0, 0.1) is 5.92 Å². The van der Waals surface area contributed by atoms with E-state index in [1.165, 1.54) is 0 Å². The fourth-order valence-electron chi connectivity index (χ4n) is 3.04. The van der Waals surface area contributed by atoms with E-state index >= 15 is 0 Å². The largest absolute Gasteiger partial charge is 0.372 e. The zero-order valence-electron chi connectivity index (χ0n) is 14.2. The van der Waals surface area contributed by atoms with E-state index in [4.69, 9.17) is 4.74 Å². The molecule has 2 aromatic rings. The topological polar surface area (TPSA) is 73.2 Å². The summed E-state index contributed by atoms with van der Waals surface area (Å²) in [6.07, 6.45) is 2.54. The van der Waals surface area contributed by atoms with Gasteiger partial charge in [0.1, 0.15) is 5.82 Å². The maximum absolute atomic E-state index is 12.7. The number of nitrogens with one attached hydrogen (secondary N) is 1. The minimum atomic E-state index is -3.66. The maximum Gasteiger partial charge on any atom is 0.263 e. The average Bonchev–Trinajstić information content (AvgIpc) is 3.13. The summed E-state index contributed by atoms with van der Waals surface area (Å²) in [4.78, 5) is 0.246. The van der Waals surface area contributed by atoms with Gasteiger partial charge < -0.3 is 4.74 Å². The van der Waals surface area contributed by atoms with Gasteiger partial charge in [0.25, 0.3) is 10.0 Å². The van der Waals surface area contributed by atoms with Gasteiger partial charge in [-0.3, -0.25) is 4.72 Å². The third-order valence-electron chi connectivity index (χ3n) is 4.14. The minimum absolute atomic E-state index is 0.117. The van der Waals surface area contributed by atoms with Crippen molar-refractivity contribution in [3.8, 4) is 0 Å². The number of anilines is 1. The van der Waals surface area contributed by atoms with Crippen molar-refractivity contribution in [2.75, 3.05) is 4.72 Å². The molecule has 1 aliphatic rings. The first-order chi connectivity index (χ1) is 11.4. The summed E-state index contributed by atoms with van der Waals surface area (Å²) in [5.74, 6) is 0.991. The fourth-order valence-corrected chi connectivity index (χ4v) is 4.14. The van der Waals surface area contributed by atoms with Gasteiger partial charge in [-0.1, -0.05) is 19.9 Å². The van der Waals surface area contributed by atoms with Crippen molar-refractivity contribution >= 4 is 15.8 Å². The second kappa shape index (κ2) is 6.57. The van der Waals surface area contributed by atoms with E-state index in [0.29, 0.717) is 24.9 Å². The summed E-state index contributed by atoms with van der Waals surface area (Å²) >= 11 is 0. The van der Waals surface area contributed by atoms with E-state index in [2.05, 4.69) is 23.7 Å². The van der Waals surface area contributed by atoms with Gasteiger partial charge in [-0.05, 0) is 42.5 Å². The van der Waals surface area contributed by atoms with E-state index < -0.39 is 10.0 Å². The molecule has 0 spiro atoms. The monoisotopic (exact) mass is 349 g/mol. The first-order valence-corrected chi connectivity index (χ1v) is 9.61. The first-order valence-electron chi connectivity index (χ1n) is 8.12. The van der Waals surface area contributed by atoms with Crippen molar-refractivity contribution in [1.29, 1.82) is 0 Å². The van der Waals surface area contributed by atoms with Crippen LogP contribution in [-0.4, -0.2) is 18.2 Å². The second-order valence-corrected chi connectivity index (χ2v) is 8.35. The molecule has 0 saturated heterocycles. The molecule has 0 radical (unpaired) electrons. The van der Waals surface area contributed by atoms with Crippen LogP contribution in [0.4, 0.5) is 5.82 Å². The lowest BCUT2D eigenvalue weighted by Crippen LogP contribution is -2.19. The van der Waals surface area contributed by atoms with E-state index in [9.17, 15) is 8.42 Å². The third kappa shape index (κ3) is 3.47. The van der Waals surface area contributed by atoms with Gasteiger partial charge in [-0.2, -0.15) is 5.10 Å². The molecule has 2 heterocycles. The zero-order valence-corrected chi connectivity index (χ0v) is 15.0. The molecular formula is C17H23N3O3S. The van der Waals surface area contributed by atoms with Gasteiger partial charge in [0.2, 0.25) is 0 Å². The molecule has 0 saturated carbocycles. The Hall–Kier alpha value is -1.86. The van der Waals surface area contributed by atoms with Crippen molar-refractivity contribution in [2.24, 2.45) is 5.92 Å². The molecule has 0 unspecified atom stereocenters. The quantitative estimate of drug-likeness (QED) is 0.868. The summed E-state index contributed by atoms with van der Waals surface area (Å²) in [6, 6.07) is 6.92. The van der Waals surface area contributed by atoms with Gasteiger partial charge in [-0.25, -0.2) is 13.1 Å². The molecule has 1 aromatic heterocycles. The van der Waals surface area contributed by atoms with Crippen LogP contribution in [0.2, 0.25) is 0 Å². The van der Waals surface area contributed by atoms with E-state index in [-0.39, 0.29) is 10.9 Å². The number of hydrogen-bond donors (Lipinski definition) is 1. The standard InChI is InChI=1S/C17H23N3O3S/c1-12(2)8-13(3)20-17(6-7-18-20)19-24(21,22)16-5-4-14-10-23-11-15(14)9-16/h4-7,9,12-13,19H,8,10-11H2,1-3H3/t13-/m1/s1. The van der Waals surface area contributed by atoms with Crippen LogP contribution in [0.5, 0.6) is 0 Å². The SMILES string of the molecule is CC(C)C[C@@H](C)n1nccc1NS(=O)(=O)c1ccc2c(c1)COC2. The number of aromatic nitrogens is 2. The predicted octanol–water partition coefficient (Wildman–Crippen LogP) is 3.32. The molecule has 1 atom stereocenters. The number of sulfonamides is 1. The van der Waals surface area contributed by atoms with Crippen LogP contribution in [0.15, 0.2) is 35.4 Å². The molecule has 1 aliphatic heterocycles. The van der Waals surface area contributed by atoms with Crippen molar-refractivity contribution in [1.82, 2.24) is 9.78 Å². The highest BCUT2D eigenvalue weighted by Crippen LogP contribution is 2.26. The summed E-state index contributed by atoms with van der Waals surface area (Å²) in [7, 11) is -3.66. The molecule has 3 rings (SSSR count). The molecule has 1 N–H and O–H groups in total. The van der Waals surface area contributed by atoms with Crippen LogP contribution in [0.3, 0.4) is 0 Å². The summed E-state index contributed by atoms with van der Waals surface area (Å²) in [5.41, 5.74) is 1.98. The van der Waals surface area contributed by atoms with Gasteiger partial charge >= 0.3 is 0 Å². The van der Waals surface area contributed by atoms with Crippen LogP contribution < -0.4 is 4.72 Å². The molecular weight excluding hydrogens is 326 g/mol. The average molecular weight is 349 g/mol.